The van der Waals surface area contributed by atoms with E-state index in [1.807, 2.05) is 13.8 Å². The van der Waals surface area contributed by atoms with Crippen molar-refractivity contribution >= 4 is 21.7 Å². The average molecular weight is 432 g/mol. The molecule has 0 saturated carbocycles. The molecule has 0 spiro atoms. The number of aromatic nitrogens is 1. The van der Waals surface area contributed by atoms with Crippen molar-refractivity contribution in [1.29, 1.82) is 0 Å². The molecule has 0 bridgehead atoms. The summed E-state index contributed by atoms with van der Waals surface area (Å²) < 4.78 is 26.1. The van der Waals surface area contributed by atoms with Crippen LogP contribution in [0.4, 0.5) is 0 Å². The number of Topliss-reactive ketones (excluding diaryl/α,β-unsaturated/α-hetero) is 1. The van der Waals surface area contributed by atoms with Gasteiger partial charge in [-0.05, 0) is 29.5 Å². The number of nitrogens with zero attached hydrogens (tertiary/aromatic N) is 1. The molecule has 160 valence electrons. The number of fused-ring (bicyclic) bond motifs is 1. The number of hydrogen-bond acceptors (Lipinski definition) is 5. The fourth-order valence-corrected chi connectivity index (χ4v) is 4.68. The highest BCUT2D eigenvalue weighted by Gasteiger charge is 2.32. The van der Waals surface area contributed by atoms with E-state index >= 15 is 0 Å². The molecular formula is C21H25N3O5S. The van der Waals surface area contributed by atoms with Crippen LogP contribution in [0.15, 0.2) is 40.0 Å². The third-order valence-corrected chi connectivity index (χ3v) is 7.05. The second-order valence-corrected chi connectivity index (χ2v) is 10.5. The average Bonchev–Trinajstić information content (AvgIpc) is 2.64. The summed E-state index contributed by atoms with van der Waals surface area (Å²) in [6.45, 7) is 3.82. The predicted octanol–water partition coefficient (Wildman–Crippen LogP) is 1.71. The molecule has 1 heterocycles. The van der Waals surface area contributed by atoms with Gasteiger partial charge in [0.25, 0.3) is 11.5 Å². The Morgan fingerprint density at radius 3 is 2.50 bits per heavy atom. The van der Waals surface area contributed by atoms with Crippen LogP contribution < -0.4 is 10.9 Å². The summed E-state index contributed by atoms with van der Waals surface area (Å²) in [6, 6.07) is 7.66. The third-order valence-electron chi connectivity index (χ3n) is 5.13. The van der Waals surface area contributed by atoms with Crippen molar-refractivity contribution in [3.05, 3.63) is 63.1 Å². The van der Waals surface area contributed by atoms with Gasteiger partial charge in [0.15, 0.2) is 5.78 Å². The maximum absolute atomic E-state index is 12.7. The van der Waals surface area contributed by atoms with Crippen molar-refractivity contribution in [2.75, 3.05) is 14.1 Å². The minimum absolute atomic E-state index is 0.0760. The number of H-pyrrole nitrogens is 1. The van der Waals surface area contributed by atoms with Gasteiger partial charge in [0.2, 0.25) is 10.0 Å². The van der Waals surface area contributed by atoms with Crippen LogP contribution in [0.25, 0.3) is 0 Å². The van der Waals surface area contributed by atoms with Gasteiger partial charge in [-0.2, -0.15) is 0 Å². The molecule has 8 nitrogen and oxygen atoms in total. The number of carbonyl (C=O) groups is 2. The number of aromatic amines is 1. The van der Waals surface area contributed by atoms with Gasteiger partial charge in [0.05, 0.1) is 4.90 Å². The number of ketones is 1. The smallest absolute Gasteiger partial charge is 0.261 e. The summed E-state index contributed by atoms with van der Waals surface area (Å²) in [5.74, 6) is -0.789. The highest BCUT2D eigenvalue weighted by molar-refractivity contribution is 7.89. The number of sulfonamides is 1. The number of hydrogen-bond donors (Lipinski definition) is 2. The largest absolute Gasteiger partial charge is 0.348 e. The standard InChI is InChI=1S/C21H25N3O5S/c1-21(2)10-16-14(17(25)11-21)9-15(20(27)23-16)19(26)22-12-13-7-5-6-8-18(13)30(28,29)24(3)4/h5-9H,10-12H2,1-4H3,(H,22,26)(H,23,27). The van der Waals surface area contributed by atoms with E-state index in [1.54, 1.807) is 18.2 Å². The molecule has 1 amide bonds. The molecule has 0 fully saturated rings. The minimum atomic E-state index is -3.69. The lowest BCUT2D eigenvalue weighted by molar-refractivity contribution is 0.0910. The molecule has 0 saturated heterocycles. The molecule has 1 aliphatic carbocycles. The normalized spacial score (nSPS) is 15.7. The molecule has 30 heavy (non-hydrogen) atoms. The Morgan fingerprint density at radius 2 is 1.83 bits per heavy atom. The van der Waals surface area contributed by atoms with Crippen LogP contribution in [0.2, 0.25) is 0 Å². The fraction of sp³-hybridized carbons (Fsp3) is 0.381. The minimum Gasteiger partial charge on any atom is -0.348 e. The second-order valence-electron chi connectivity index (χ2n) is 8.42. The van der Waals surface area contributed by atoms with E-state index in [-0.39, 0.29) is 28.2 Å². The Hall–Kier alpha value is -2.78. The van der Waals surface area contributed by atoms with Gasteiger partial charge in [-0.1, -0.05) is 32.0 Å². The summed E-state index contributed by atoms with van der Waals surface area (Å²) >= 11 is 0. The van der Waals surface area contributed by atoms with Crippen LogP contribution in [0.1, 0.15) is 52.2 Å². The van der Waals surface area contributed by atoms with E-state index in [0.717, 1.165) is 4.31 Å². The summed E-state index contributed by atoms with van der Waals surface area (Å²) in [7, 11) is -0.837. The molecule has 9 heteroatoms. The van der Waals surface area contributed by atoms with Gasteiger partial charge >= 0.3 is 0 Å². The lowest BCUT2D eigenvalue weighted by Gasteiger charge is -2.29. The van der Waals surface area contributed by atoms with Gasteiger partial charge < -0.3 is 10.3 Å². The molecule has 3 rings (SSSR count). The van der Waals surface area contributed by atoms with E-state index in [9.17, 15) is 22.8 Å². The van der Waals surface area contributed by atoms with E-state index in [2.05, 4.69) is 10.3 Å². The van der Waals surface area contributed by atoms with Crippen LogP contribution in [0, 0.1) is 5.41 Å². The summed E-state index contributed by atoms with van der Waals surface area (Å²) in [4.78, 5) is 40.3. The Kier molecular flexibility index (Phi) is 5.70. The zero-order valence-electron chi connectivity index (χ0n) is 17.4. The Bertz CT molecular complexity index is 1180. The first-order chi connectivity index (χ1) is 13.9. The third kappa shape index (κ3) is 4.22. The van der Waals surface area contributed by atoms with E-state index in [1.165, 1.54) is 26.2 Å². The number of benzene rings is 1. The van der Waals surface area contributed by atoms with Gasteiger partial charge in [-0.15, -0.1) is 0 Å². The topological polar surface area (TPSA) is 116 Å². The lowest BCUT2D eigenvalue weighted by atomic mass is 9.75. The maximum Gasteiger partial charge on any atom is 0.261 e. The Morgan fingerprint density at radius 1 is 1.17 bits per heavy atom. The highest BCUT2D eigenvalue weighted by Crippen LogP contribution is 2.33. The number of pyridine rings is 1. The first-order valence-electron chi connectivity index (χ1n) is 9.50. The van der Waals surface area contributed by atoms with Gasteiger partial charge in [0, 0.05) is 38.3 Å². The van der Waals surface area contributed by atoms with Crippen molar-refractivity contribution in [2.24, 2.45) is 5.41 Å². The molecule has 1 aromatic heterocycles. The maximum atomic E-state index is 12.7. The van der Waals surface area contributed by atoms with Crippen LogP contribution in [-0.4, -0.2) is 43.5 Å². The SMILES string of the molecule is CN(C)S(=O)(=O)c1ccccc1CNC(=O)c1cc2c([nH]c1=O)CC(C)(C)CC2=O. The summed E-state index contributed by atoms with van der Waals surface area (Å²) in [6.07, 6.45) is 0.879. The molecule has 0 atom stereocenters. The number of rotatable bonds is 5. The molecule has 0 aliphatic heterocycles. The Balaban J connectivity index is 1.87. The monoisotopic (exact) mass is 431 g/mol. The van der Waals surface area contributed by atoms with Gasteiger partial charge in [-0.25, -0.2) is 12.7 Å². The zero-order valence-corrected chi connectivity index (χ0v) is 18.2. The second kappa shape index (κ2) is 7.81. The fourth-order valence-electron chi connectivity index (χ4n) is 3.57. The molecule has 2 aromatic rings. The van der Waals surface area contributed by atoms with Crippen molar-refractivity contribution in [2.45, 2.75) is 38.1 Å². The number of carbonyl (C=O) groups excluding carboxylic acids is 2. The quantitative estimate of drug-likeness (QED) is 0.748. The lowest BCUT2D eigenvalue weighted by Crippen LogP contribution is -2.34. The molecule has 1 aliphatic rings. The van der Waals surface area contributed by atoms with Gasteiger partial charge in [-0.3, -0.25) is 14.4 Å². The molecule has 0 radical (unpaired) electrons. The van der Waals surface area contributed by atoms with Crippen molar-refractivity contribution in [1.82, 2.24) is 14.6 Å². The summed E-state index contributed by atoms with van der Waals surface area (Å²) in [5.41, 5.74) is 0.292. The first kappa shape index (κ1) is 21.9. The zero-order chi connectivity index (χ0) is 22.3. The van der Waals surface area contributed by atoms with Gasteiger partial charge in [0.1, 0.15) is 5.56 Å². The molecule has 1 aromatic carbocycles. The number of nitrogens with one attached hydrogen (secondary N) is 2. The van der Waals surface area contributed by atoms with E-state index in [4.69, 9.17) is 0 Å². The van der Waals surface area contributed by atoms with Crippen LogP contribution in [0.5, 0.6) is 0 Å². The van der Waals surface area contributed by atoms with Crippen molar-refractivity contribution < 1.29 is 18.0 Å². The van der Waals surface area contributed by atoms with E-state index in [0.29, 0.717) is 29.7 Å². The van der Waals surface area contributed by atoms with Crippen LogP contribution in [-0.2, 0) is 23.0 Å². The summed E-state index contributed by atoms with van der Waals surface area (Å²) in [5, 5.41) is 2.59. The van der Waals surface area contributed by atoms with Crippen molar-refractivity contribution in [3.8, 4) is 0 Å². The number of amides is 1. The van der Waals surface area contributed by atoms with Crippen LogP contribution >= 0.6 is 0 Å². The molecule has 2 N–H and O–H groups in total. The highest BCUT2D eigenvalue weighted by atomic mass is 32.2. The molecular weight excluding hydrogens is 406 g/mol. The van der Waals surface area contributed by atoms with Crippen LogP contribution in [0.3, 0.4) is 0 Å². The first-order valence-corrected chi connectivity index (χ1v) is 10.9. The molecule has 0 unspecified atom stereocenters. The van der Waals surface area contributed by atoms with E-state index < -0.39 is 21.5 Å². The Labute approximate surface area is 175 Å². The van der Waals surface area contributed by atoms with Crippen molar-refractivity contribution in [3.63, 3.8) is 0 Å². The predicted molar refractivity (Wildman–Crippen MR) is 112 cm³/mol.